The number of halogens is 2. The van der Waals surface area contributed by atoms with Crippen LogP contribution in [0, 0.1) is 13.8 Å². The fraction of sp³-hybridized carbons (Fsp3) is 0.107. The number of carbonyl (C=O) groups is 1. The summed E-state index contributed by atoms with van der Waals surface area (Å²) in [4.78, 5) is 39.1. The standard InChI is InChI=1S/C28H23Cl2N7O2/c1-15-7-9-18(34-28(39)35-22-6-4-5-21(29)24(22)30)12-20(15)23-11-17-13-32-27(36-25(17)26(38)37(23)3)33-19-10-8-16(2)31-14-19/h4-14H,1-3H3,(H,32,33,36)(H2,34,35,39). The largest absolute Gasteiger partial charge is 0.323 e. The third-order valence-corrected chi connectivity index (χ3v) is 6.94. The van der Waals surface area contributed by atoms with Gasteiger partial charge in [-0.25, -0.2) is 14.8 Å². The summed E-state index contributed by atoms with van der Waals surface area (Å²) in [5, 5.41) is 9.76. The molecule has 9 nitrogen and oxygen atoms in total. The highest BCUT2D eigenvalue weighted by Gasteiger charge is 2.15. The summed E-state index contributed by atoms with van der Waals surface area (Å²) in [7, 11) is 1.68. The molecule has 196 valence electrons. The van der Waals surface area contributed by atoms with Crippen LogP contribution in [0.2, 0.25) is 10.0 Å². The van der Waals surface area contributed by atoms with Gasteiger partial charge in [0.25, 0.3) is 5.56 Å². The first-order chi connectivity index (χ1) is 18.7. The molecule has 0 unspecified atom stereocenters. The molecule has 0 bridgehead atoms. The SMILES string of the molecule is Cc1ccc(Nc2ncc3cc(-c4cc(NC(=O)Nc5cccc(Cl)c5Cl)ccc4C)n(C)c(=O)c3n2)cn1. The third-order valence-electron chi connectivity index (χ3n) is 6.12. The average Bonchev–Trinajstić information content (AvgIpc) is 2.91. The van der Waals surface area contributed by atoms with E-state index >= 15 is 0 Å². The number of benzene rings is 2. The predicted octanol–water partition coefficient (Wildman–Crippen LogP) is 6.70. The second-order valence-electron chi connectivity index (χ2n) is 8.91. The Hall–Kier alpha value is -4.47. The first-order valence-corrected chi connectivity index (χ1v) is 12.6. The lowest BCUT2D eigenvalue weighted by molar-refractivity contribution is 0.262. The molecule has 3 N–H and O–H groups in total. The van der Waals surface area contributed by atoms with E-state index in [9.17, 15) is 9.59 Å². The van der Waals surface area contributed by atoms with Gasteiger partial charge in [0.05, 0.1) is 33.3 Å². The number of hydrogen-bond acceptors (Lipinski definition) is 6. The monoisotopic (exact) mass is 559 g/mol. The fourth-order valence-corrected chi connectivity index (χ4v) is 4.38. The number of hydrogen-bond donors (Lipinski definition) is 3. The summed E-state index contributed by atoms with van der Waals surface area (Å²) < 4.78 is 1.53. The molecule has 0 aliphatic heterocycles. The Kier molecular flexibility index (Phi) is 7.19. The number of nitrogens with zero attached hydrogens (tertiary/aromatic N) is 4. The van der Waals surface area contributed by atoms with E-state index in [4.69, 9.17) is 23.2 Å². The van der Waals surface area contributed by atoms with Crippen molar-refractivity contribution in [2.75, 3.05) is 16.0 Å². The Morgan fingerprint density at radius 3 is 2.49 bits per heavy atom. The number of aromatic nitrogens is 4. The number of urea groups is 1. The Bertz CT molecular complexity index is 1790. The second-order valence-corrected chi connectivity index (χ2v) is 9.70. The minimum absolute atomic E-state index is 0.251. The topological polar surface area (TPSA) is 114 Å². The molecular weight excluding hydrogens is 537 g/mol. The number of amides is 2. The Labute approximate surface area is 233 Å². The van der Waals surface area contributed by atoms with Crippen molar-refractivity contribution in [1.29, 1.82) is 0 Å². The molecule has 0 aliphatic rings. The van der Waals surface area contributed by atoms with Gasteiger partial charge in [0.1, 0.15) is 5.52 Å². The third kappa shape index (κ3) is 5.55. The van der Waals surface area contributed by atoms with E-state index in [-0.39, 0.29) is 16.1 Å². The molecule has 5 aromatic rings. The molecule has 5 rings (SSSR count). The van der Waals surface area contributed by atoms with Crippen molar-refractivity contribution >= 4 is 63.1 Å². The number of carbonyl (C=O) groups excluding carboxylic acids is 1. The zero-order valence-electron chi connectivity index (χ0n) is 21.2. The molecular formula is C28H23Cl2N7O2. The van der Waals surface area contributed by atoms with Crippen LogP contribution in [0.5, 0.6) is 0 Å². The summed E-state index contributed by atoms with van der Waals surface area (Å²) in [6.07, 6.45) is 3.29. The van der Waals surface area contributed by atoms with Crippen LogP contribution in [0.4, 0.5) is 27.8 Å². The number of anilines is 4. The van der Waals surface area contributed by atoms with Gasteiger partial charge >= 0.3 is 6.03 Å². The highest BCUT2D eigenvalue weighted by molar-refractivity contribution is 6.44. The molecule has 39 heavy (non-hydrogen) atoms. The Morgan fingerprint density at radius 2 is 1.72 bits per heavy atom. The molecule has 3 heterocycles. The number of nitrogens with one attached hydrogen (secondary N) is 3. The van der Waals surface area contributed by atoms with Gasteiger partial charge in [0, 0.05) is 35.6 Å². The van der Waals surface area contributed by atoms with Crippen LogP contribution >= 0.6 is 23.2 Å². The van der Waals surface area contributed by atoms with Gasteiger partial charge in [-0.2, -0.15) is 0 Å². The van der Waals surface area contributed by atoms with Crippen LogP contribution in [-0.2, 0) is 7.05 Å². The zero-order chi connectivity index (χ0) is 27.7. The van der Waals surface area contributed by atoms with Crippen molar-refractivity contribution < 1.29 is 4.79 Å². The molecule has 0 fully saturated rings. The van der Waals surface area contributed by atoms with Gasteiger partial charge in [-0.05, 0) is 61.9 Å². The fourth-order valence-electron chi connectivity index (χ4n) is 4.03. The molecule has 3 aromatic heterocycles. The molecule has 0 saturated carbocycles. The zero-order valence-corrected chi connectivity index (χ0v) is 22.7. The van der Waals surface area contributed by atoms with E-state index in [2.05, 4.69) is 30.9 Å². The van der Waals surface area contributed by atoms with Crippen LogP contribution in [0.15, 0.2) is 71.8 Å². The van der Waals surface area contributed by atoms with Gasteiger partial charge in [-0.3, -0.25) is 9.78 Å². The van der Waals surface area contributed by atoms with Crippen molar-refractivity contribution in [3.8, 4) is 11.3 Å². The molecule has 2 amide bonds. The van der Waals surface area contributed by atoms with Crippen molar-refractivity contribution in [2.24, 2.45) is 7.05 Å². The van der Waals surface area contributed by atoms with Crippen LogP contribution in [0.1, 0.15) is 11.3 Å². The van der Waals surface area contributed by atoms with Crippen LogP contribution in [-0.4, -0.2) is 25.6 Å². The Balaban J connectivity index is 1.44. The maximum atomic E-state index is 13.3. The highest BCUT2D eigenvalue weighted by atomic mass is 35.5. The van der Waals surface area contributed by atoms with E-state index in [0.717, 1.165) is 22.5 Å². The van der Waals surface area contributed by atoms with E-state index in [1.165, 1.54) is 4.57 Å². The maximum absolute atomic E-state index is 13.3. The number of rotatable bonds is 5. The van der Waals surface area contributed by atoms with E-state index < -0.39 is 6.03 Å². The van der Waals surface area contributed by atoms with Crippen LogP contribution < -0.4 is 21.5 Å². The van der Waals surface area contributed by atoms with Crippen molar-refractivity contribution in [1.82, 2.24) is 19.5 Å². The first kappa shape index (κ1) is 26.1. The highest BCUT2D eigenvalue weighted by Crippen LogP contribution is 2.30. The van der Waals surface area contributed by atoms with Crippen molar-refractivity contribution in [2.45, 2.75) is 13.8 Å². The lowest BCUT2D eigenvalue weighted by Gasteiger charge is -2.15. The number of aryl methyl sites for hydroxylation is 2. The normalized spacial score (nSPS) is 10.9. The summed E-state index contributed by atoms with van der Waals surface area (Å²) in [6, 6.07) is 15.5. The molecule has 11 heteroatoms. The summed E-state index contributed by atoms with van der Waals surface area (Å²) in [6.45, 7) is 3.83. The van der Waals surface area contributed by atoms with Crippen molar-refractivity contribution in [3.63, 3.8) is 0 Å². The summed E-state index contributed by atoms with van der Waals surface area (Å²) >= 11 is 12.2. The molecule has 0 aliphatic carbocycles. The van der Waals surface area contributed by atoms with Crippen LogP contribution in [0.25, 0.3) is 22.2 Å². The molecule has 2 aromatic carbocycles. The number of fused-ring (bicyclic) bond motifs is 1. The van der Waals surface area contributed by atoms with Crippen LogP contribution in [0.3, 0.4) is 0 Å². The lowest BCUT2D eigenvalue weighted by Crippen LogP contribution is -2.21. The van der Waals surface area contributed by atoms with E-state index in [0.29, 0.717) is 33.4 Å². The Morgan fingerprint density at radius 1 is 0.923 bits per heavy atom. The van der Waals surface area contributed by atoms with Gasteiger partial charge in [0.15, 0.2) is 0 Å². The first-order valence-electron chi connectivity index (χ1n) is 11.9. The molecule has 0 atom stereocenters. The smallest absolute Gasteiger partial charge is 0.323 e. The van der Waals surface area contributed by atoms with Gasteiger partial charge in [0.2, 0.25) is 5.95 Å². The quantitative estimate of drug-likeness (QED) is 0.220. The lowest BCUT2D eigenvalue weighted by atomic mass is 10.0. The van der Waals surface area contributed by atoms with Gasteiger partial charge in [-0.15, -0.1) is 0 Å². The van der Waals surface area contributed by atoms with Gasteiger partial charge in [-0.1, -0.05) is 35.3 Å². The van der Waals surface area contributed by atoms with Gasteiger partial charge < -0.3 is 20.5 Å². The predicted molar refractivity (Wildman–Crippen MR) is 156 cm³/mol. The average molecular weight is 560 g/mol. The molecule has 0 radical (unpaired) electrons. The molecule has 0 saturated heterocycles. The maximum Gasteiger partial charge on any atom is 0.323 e. The summed E-state index contributed by atoms with van der Waals surface area (Å²) in [5.74, 6) is 0.297. The second kappa shape index (κ2) is 10.7. The summed E-state index contributed by atoms with van der Waals surface area (Å²) in [5.41, 5.74) is 4.86. The van der Waals surface area contributed by atoms with E-state index in [1.807, 2.05) is 38.1 Å². The van der Waals surface area contributed by atoms with E-state index in [1.54, 1.807) is 49.8 Å². The van der Waals surface area contributed by atoms with Crippen molar-refractivity contribution in [3.05, 3.63) is 98.6 Å². The molecule has 0 spiro atoms. The number of pyridine rings is 2. The minimum Gasteiger partial charge on any atom is -0.323 e. The minimum atomic E-state index is -0.487.